The fourth-order valence-electron chi connectivity index (χ4n) is 2.57. The number of rotatable bonds is 8. The SMILES string of the molecule is COc1ccc(CCNc2cc(Nc3cc(Cl)ccc3OC)ncn2)cc1. The first-order chi connectivity index (χ1) is 13.2. The summed E-state index contributed by atoms with van der Waals surface area (Å²) in [5, 5.41) is 7.14. The van der Waals surface area contributed by atoms with Crippen molar-refractivity contribution in [2.24, 2.45) is 0 Å². The third-order valence-electron chi connectivity index (χ3n) is 3.97. The number of halogens is 1. The Bertz CT molecular complexity index is 887. The third kappa shape index (κ3) is 5.24. The topological polar surface area (TPSA) is 68.3 Å². The lowest BCUT2D eigenvalue weighted by atomic mass is 10.1. The van der Waals surface area contributed by atoms with Gasteiger partial charge in [-0.1, -0.05) is 23.7 Å². The molecule has 1 heterocycles. The molecule has 1 aromatic heterocycles. The molecule has 6 nitrogen and oxygen atoms in total. The van der Waals surface area contributed by atoms with Gasteiger partial charge < -0.3 is 20.1 Å². The predicted octanol–water partition coefficient (Wildman–Crippen LogP) is 4.55. The van der Waals surface area contributed by atoms with Crippen LogP contribution in [0.15, 0.2) is 54.9 Å². The Balaban J connectivity index is 1.61. The summed E-state index contributed by atoms with van der Waals surface area (Å²) in [7, 11) is 3.27. The van der Waals surface area contributed by atoms with Crippen molar-refractivity contribution >= 4 is 28.9 Å². The fourth-order valence-corrected chi connectivity index (χ4v) is 2.74. The van der Waals surface area contributed by atoms with Crippen LogP contribution in [0.4, 0.5) is 17.3 Å². The molecule has 0 aliphatic rings. The van der Waals surface area contributed by atoms with Gasteiger partial charge in [0.1, 0.15) is 29.5 Å². The number of ether oxygens (including phenoxy) is 2. The predicted molar refractivity (Wildman–Crippen MR) is 109 cm³/mol. The van der Waals surface area contributed by atoms with E-state index in [4.69, 9.17) is 21.1 Å². The zero-order valence-electron chi connectivity index (χ0n) is 15.2. The van der Waals surface area contributed by atoms with Crippen molar-refractivity contribution in [3.05, 3.63) is 65.4 Å². The first kappa shape index (κ1) is 18.8. The molecular formula is C20H21ClN4O2. The lowest BCUT2D eigenvalue weighted by Crippen LogP contribution is -2.07. The molecule has 2 N–H and O–H groups in total. The molecule has 0 aliphatic heterocycles. The summed E-state index contributed by atoms with van der Waals surface area (Å²) in [6, 6.07) is 15.2. The average molecular weight is 385 g/mol. The highest BCUT2D eigenvalue weighted by Gasteiger charge is 2.06. The van der Waals surface area contributed by atoms with Crippen LogP contribution in [0.25, 0.3) is 0 Å². The maximum Gasteiger partial charge on any atom is 0.142 e. The van der Waals surface area contributed by atoms with E-state index in [1.54, 1.807) is 32.4 Å². The Kier molecular flexibility index (Phi) is 6.33. The lowest BCUT2D eigenvalue weighted by Gasteiger charge is -2.12. The van der Waals surface area contributed by atoms with E-state index >= 15 is 0 Å². The molecule has 0 spiro atoms. The molecule has 3 rings (SSSR count). The number of hydrogen-bond donors (Lipinski definition) is 2. The second-order valence-electron chi connectivity index (χ2n) is 5.78. The van der Waals surface area contributed by atoms with Crippen molar-refractivity contribution in [1.29, 1.82) is 0 Å². The second-order valence-corrected chi connectivity index (χ2v) is 6.22. The molecule has 3 aromatic rings. The Morgan fingerprint density at radius 2 is 1.70 bits per heavy atom. The van der Waals surface area contributed by atoms with Crippen LogP contribution in [0.1, 0.15) is 5.56 Å². The summed E-state index contributed by atoms with van der Waals surface area (Å²) in [6.07, 6.45) is 2.38. The molecule has 0 saturated heterocycles. The molecule has 2 aromatic carbocycles. The van der Waals surface area contributed by atoms with Gasteiger partial charge in [0, 0.05) is 17.6 Å². The maximum atomic E-state index is 6.07. The number of benzene rings is 2. The highest BCUT2D eigenvalue weighted by molar-refractivity contribution is 6.31. The van der Waals surface area contributed by atoms with Crippen LogP contribution in [0, 0.1) is 0 Å². The second kappa shape index (κ2) is 9.09. The minimum Gasteiger partial charge on any atom is -0.497 e. The molecule has 0 unspecified atom stereocenters. The van der Waals surface area contributed by atoms with Crippen LogP contribution in [-0.4, -0.2) is 30.7 Å². The van der Waals surface area contributed by atoms with E-state index in [0.29, 0.717) is 16.6 Å². The van der Waals surface area contributed by atoms with E-state index in [1.165, 1.54) is 11.9 Å². The third-order valence-corrected chi connectivity index (χ3v) is 4.21. The largest absolute Gasteiger partial charge is 0.497 e. The van der Waals surface area contributed by atoms with E-state index < -0.39 is 0 Å². The van der Waals surface area contributed by atoms with E-state index in [2.05, 4.69) is 32.7 Å². The minimum atomic E-state index is 0.616. The summed E-state index contributed by atoms with van der Waals surface area (Å²) in [5.41, 5.74) is 1.97. The molecule has 0 aliphatic carbocycles. The summed E-state index contributed by atoms with van der Waals surface area (Å²) in [4.78, 5) is 8.51. The average Bonchev–Trinajstić information content (AvgIpc) is 2.69. The Labute approximate surface area is 163 Å². The van der Waals surface area contributed by atoms with Gasteiger partial charge in [-0.3, -0.25) is 0 Å². The molecule has 0 atom stereocenters. The van der Waals surface area contributed by atoms with E-state index in [-0.39, 0.29) is 0 Å². The smallest absolute Gasteiger partial charge is 0.142 e. The van der Waals surface area contributed by atoms with Crippen molar-refractivity contribution < 1.29 is 9.47 Å². The Hall–Kier alpha value is -2.99. The molecule has 27 heavy (non-hydrogen) atoms. The highest BCUT2D eigenvalue weighted by Crippen LogP contribution is 2.30. The maximum absolute atomic E-state index is 6.07. The molecule has 0 amide bonds. The number of hydrogen-bond acceptors (Lipinski definition) is 6. The van der Waals surface area contributed by atoms with E-state index in [1.807, 2.05) is 18.2 Å². The summed E-state index contributed by atoms with van der Waals surface area (Å²) in [5.74, 6) is 2.93. The normalized spacial score (nSPS) is 10.3. The lowest BCUT2D eigenvalue weighted by molar-refractivity contribution is 0.414. The standard InChI is InChI=1S/C20H21ClN4O2/c1-26-16-6-3-14(4-7-16)9-10-22-19-12-20(24-13-23-19)25-17-11-15(21)5-8-18(17)27-2/h3-8,11-13H,9-10H2,1-2H3,(H2,22,23,24,25). The Morgan fingerprint density at radius 1 is 0.926 bits per heavy atom. The summed E-state index contributed by atoms with van der Waals surface area (Å²) in [6.45, 7) is 0.753. The molecular weight excluding hydrogens is 364 g/mol. The summed E-state index contributed by atoms with van der Waals surface area (Å²) < 4.78 is 10.5. The zero-order chi connectivity index (χ0) is 19.1. The van der Waals surface area contributed by atoms with Crippen LogP contribution >= 0.6 is 11.6 Å². The first-order valence-electron chi connectivity index (χ1n) is 8.47. The van der Waals surface area contributed by atoms with Gasteiger partial charge in [-0.25, -0.2) is 9.97 Å². The quantitative estimate of drug-likeness (QED) is 0.594. The van der Waals surface area contributed by atoms with Crippen molar-refractivity contribution in [2.75, 3.05) is 31.4 Å². The van der Waals surface area contributed by atoms with Crippen LogP contribution in [-0.2, 0) is 6.42 Å². The van der Waals surface area contributed by atoms with E-state index in [0.717, 1.165) is 30.2 Å². The van der Waals surface area contributed by atoms with Gasteiger partial charge in [0.2, 0.25) is 0 Å². The van der Waals surface area contributed by atoms with Crippen molar-refractivity contribution in [1.82, 2.24) is 9.97 Å². The van der Waals surface area contributed by atoms with Crippen molar-refractivity contribution in [3.63, 3.8) is 0 Å². The van der Waals surface area contributed by atoms with Gasteiger partial charge in [0.15, 0.2) is 0 Å². The monoisotopic (exact) mass is 384 g/mol. The zero-order valence-corrected chi connectivity index (χ0v) is 16.0. The molecule has 140 valence electrons. The number of nitrogens with zero attached hydrogens (tertiary/aromatic N) is 2. The van der Waals surface area contributed by atoms with Crippen molar-refractivity contribution in [2.45, 2.75) is 6.42 Å². The summed E-state index contributed by atoms with van der Waals surface area (Å²) >= 11 is 6.07. The molecule has 0 fully saturated rings. The van der Waals surface area contributed by atoms with Crippen LogP contribution < -0.4 is 20.1 Å². The van der Waals surface area contributed by atoms with Gasteiger partial charge >= 0.3 is 0 Å². The Morgan fingerprint density at radius 3 is 2.44 bits per heavy atom. The highest BCUT2D eigenvalue weighted by atomic mass is 35.5. The number of aromatic nitrogens is 2. The van der Waals surface area contributed by atoms with Crippen LogP contribution in [0.3, 0.4) is 0 Å². The number of anilines is 3. The van der Waals surface area contributed by atoms with Gasteiger partial charge in [-0.2, -0.15) is 0 Å². The van der Waals surface area contributed by atoms with Gasteiger partial charge in [0.05, 0.1) is 19.9 Å². The van der Waals surface area contributed by atoms with Gasteiger partial charge in [-0.15, -0.1) is 0 Å². The molecule has 0 bridgehead atoms. The molecule has 0 radical (unpaired) electrons. The number of methoxy groups -OCH3 is 2. The van der Waals surface area contributed by atoms with E-state index in [9.17, 15) is 0 Å². The molecule has 0 saturated carbocycles. The number of nitrogens with one attached hydrogen (secondary N) is 2. The first-order valence-corrected chi connectivity index (χ1v) is 8.85. The van der Waals surface area contributed by atoms with Crippen molar-refractivity contribution in [3.8, 4) is 11.5 Å². The van der Waals surface area contributed by atoms with Crippen LogP contribution in [0.2, 0.25) is 5.02 Å². The van der Waals surface area contributed by atoms with Gasteiger partial charge in [-0.05, 0) is 42.3 Å². The minimum absolute atomic E-state index is 0.616. The van der Waals surface area contributed by atoms with Crippen LogP contribution in [0.5, 0.6) is 11.5 Å². The van der Waals surface area contributed by atoms with Gasteiger partial charge in [0.25, 0.3) is 0 Å². The molecule has 7 heteroatoms. The fraction of sp³-hybridized carbons (Fsp3) is 0.200.